The monoisotopic (exact) mass is 341 g/mol. The summed E-state index contributed by atoms with van der Waals surface area (Å²) >= 11 is 0. The molecule has 6 nitrogen and oxygen atoms in total. The maximum absolute atomic E-state index is 13.2. The zero-order valence-electron chi connectivity index (χ0n) is 14.8. The van der Waals surface area contributed by atoms with E-state index in [9.17, 15) is 9.59 Å². The second-order valence-electron chi connectivity index (χ2n) is 7.00. The summed E-state index contributed by atoms with van der Waals surface area (Å²) in [7, 11) is 1.63. The first-order valence-electron chi connectivity index (χ1n) is 8.79. The van der Waals surface area contributed by atoms with Crippen LogP contribution in [0.15, 0.2) is 18.2 Å². The molecule has 3 heterocycles. The average molecular weight is 341 g/mol. The number of carbonyl (C=O) groups is 2. The molecule has 0 radical (unpaired) electrons. The van der Waals surface area contributed by atoms with Crippen molar-refractivity contribution in [3.63, 3.8) is 0 Å². The van der Waals surface area contributed by atoms with Gasteiger partial charge in [0.2, 0.25) is 5.91 Å². The predicted octanol–water partition coefficient (Wildman–Crippen LogP) is 2.32. The average Bonchev–Trinajstić information content (AvgIpc) is 3.22. The predicted molar refractivity (Wildman–Crippen MR) is 94.8 cm³/mol. The van der Waals surface area contributed by atoms with E-state index in [4.69, 9.17) is 4.74 Å². The lowest BCUT2D eigenvalue weighted by molar-refractivity contribution is -0.141. The molecule has 2 atom stereocenters. The van der Waals surface area contributed by atoms with Gasteiger partial charge in [0, 0.05) is 30.0 Å². The lowest BCUT2D eigenvalue weighted by Gasteiger charge is -2.41. The van der Waals surface area contributed by atoms with E-state index in [0.717, 1.165) is 41.6 Å². The van der Waals surface area contributed by atoms with E-state index in [1.165, 1.54) is 0 Å². The highest BCUT2D eigenvalue weighted by atomic mass is 16.5. The number of hydrogen-bond acceptors (Lipinski definition) is 3. The number of methoxy groups -OCH3 is 1. The zero-order chi connectivity index (χ0) is 17.7. The van der Waals surface area contributed by atoms with Crippen LogP contribution in [0.3, 0.4) is 0 Å². The van der Waals surface area contributed by atoms with E-state index >= 15 is 0 Å². The number of hydrogen-bond donors (Lipinski definition) is 1. The van der Waals surface area contributed by atoms with Crippen molar-refractivity contribution in [3.8, 4) is 5.75 Å². The van der Waals surface area contributed by atoms with Gasteiger partial charge in [-0.3, -0.25) is 9.59 Å². The Morgan fingerprint density at radius 3 is 2.92 bits per heavy atom. The maximum Gasteiger partial charge on any atom is 0.271 e. The number of aromatic nitrogens is 1. The Hall–Kier alpha value is -2.50. The van der Waals surface area contributed by atoms with Gasteiger partial charge < -0.3 is 19.5 Å². The lowest BCUT2D eigenvalue weighted by Crippen LogP contribution is -2.60. The van der Waals surface area contributed by atoms with Crippen LogP contribution in [0.1, 0.15) is 35.8 Å². The molecule has 6 heteroatoms. The van der Waals surface area contributed by atoms with Gasteiger partial charge in [-0.05, 0) is 50.5 Å². The van der Waals surface area contributed by atoms with Crippen LogP contribution in [0.4, 0.5) is 0 Å². The number of ether oxygens (including phenoxy) is 1. The van der Waals surface area contributed by atoms with E-state index in [-0.39, 0.29) is 17.9 Å². The highest BCUT2D eigenvalue weighted by molar-refractivity contribution is 6.03. The first-order chi connectivity index (χ1) is 12.0. The van der Waals surface area contributed by atoms with Crippen molar-refractivity contribution in [2.24, 2.45) is 0 Å². The fourth-order valence-corrected chi connectivity index (χ4v) is 4.12. The number of amides is 2. The fraction of sp³-hybridized carbons (Fsp3) is 0.474. The first-order valence-corrected chi connectivity index (χ1v) is 8.79. The quantitative estimate of drug-likeness (QED) is 0.912. The largest absolute Gasteiger partial charge is 0.497 e. The molecule has 0 unspecified atom stereocenters. The molecule has 25 heavy (non-hydrogen) atoms. The summed E-state index contributed by atoms with van der Waals surface area (Å²) in [6, 6.07) is 5.47. The highest BCUT2D eigenvalue weighted by Crippen LogP contribution is 2.30. The van der Waals surface area contributed by atoms with Gasteiger partial charge >= 0.3 is 0 Å². The van der Waals surface area contributed by atoms with Crippen LogP contribution in [0, 0.1) is 6.92 Å². The molecular formula is C19H23N3O3. The molecule has 2 aliphatic heterocycles. The Bertz CT molecular complexity index is 857. The molecule has 2 fully saturated rings. The van der Waals surface area contributed by atoms with Crippen LogP contribution >= 0.6 is 0 Å². The third kappa shape index (κ3) is 2.39. The van der Waals surface area contributed by atoms with Gasteiger partial charge in [-0.1, -0.05) is 0 Å². The number of fused-ring (bicyclic) bond motifs is 2. The van der Waals surface area contributed by atoms with E-state index in [1.807, 2.05) is 36.9 Å². The number of nitrogens with one attached hydrogen (secondary N) is 1. The summed E-state index contributed by atoms with van der Waals surface area (Å²) in [5.74, 6) is 0.731. The Morgan fingerprint density at radius 1 is 1.36 bits per heavy atom. The van der Waals surface area contributed by atoms with Crippen molar-refractivity contribution in [1.82, 2.24) is 14.8 Å². The van der Waals surface area contributed by atoms with E-state index in [0.29, 0.717) is 12.2 Å². The number of piperazine rings is 1. The standard InChI is InChI=1S/C19H23N3O3/c1-11-15-9-14(25-3)6-7-16(15)20-17(11)19(24)22-10-13-5-4-8-21(13)18(23)12(22)2/h6-7,9,12-13,20H,4-5,8,10H2,1-3H3/t12-,13+/m0/s1. The number of nitrogens with zero attached hydrogens (tertiary/aromatic N) is 2. The van der Waals surface area contributed by atoms with Gasteiger partial charge in [0.15, 0.2) is 0 Å². The van der Waals surface area contributed by atoms with Gasteiger partial charge in [-0.25, -0.2) is 0 Å². The minimum Gasteiger partial charge on any atom is -0.497 e. The fourth-order valence-electron chi connectivity index (χ4n) is 4.12. The summed E-state index contributed by atoms with van der Waals surface area (Å²) in [6.45, 7) is 5.20. The normalized spacial score (nSPS) is 23.2. The van der Waals surface area contributed by atoms with Crippen molar-refractivity contribution in [1.29, 1.82) is 0 Å². The Kier molecular flexibility index (Phi) is 3.71. The summed E-state index contributed by atoms with van der Waals surface area (Å²) in [4.78, 5) is 32.7. The van der Waals surface area contributed by atoms with Crippen molar-refractivity contribution in [2.45, 2.75) is 38.8 Å². The third-order valence-electron chi connectivity index (χ3n) is 5.63. The Labute approximate surface area is 146 Å². The van der Waals surface area contributed by atoms with Gasteiger partial charge in [-0.15, -0.1) is 0 Å². The lowest BCUT2D eigenvalue weighted by atomic mass is 10.1. The molecule has 2 saturated heterocycles. The minimum absolute atomic E-state index is 0.0672. The highest BCUT2D eigenvalue weighted by Gasteiger charge is 2.42. The molecule has 2 aromatic rings. The molecule has 1 aromatic heterocycles. The topological polar surface area (TPSA) is 65.6 Å². The maximum atomic E-state index is 13.2. The molecule has 1 N–H and O–H groups in total. The number of aryl methyl sites for hydroxylation is 1. The van der Waals surface area contributed by atoms with Crippen LogP contribution in [0.2, 0.25) is 0 Å². The van der Waals surface area contributed by atoms with Gasteiger partial charge in [0.1, 0.15) is 17.5 Å². The second kappa shape index (κ2) is 5.79. The molecule has 132 valence electrons. The van der Waals surface area contributed by atoms with Gasteiger partial charge in [-0.2, -0.15) is 0 Å². The van der Waals surface area contributed by atoms with Crippen molar-refractivity contribution in [2.75, 3.05) is 20.2 Å². The first kappa shape index (κ1) is 16.0. The molecule has 0 bridgehead atoms. The van der Waals surface area contributed by atoms with Gasteiger partial charge in [0.05, 0.1) is 7.11 Å². The number of H-pyrrole nitrogens is 1. The van der Waals surface area contributed by atoms with Crippen LogP contribution in [-0.4, -0.2) is 58.9 Å². The molecule has 2 aliphatic rings. The second-order valence-corrected chi connectivity index (χ2v) is 7.00. The molecule has 0 aliphatic carbocycles. The number of rotatable bonds is 2. The molecule has 0 saturated carbocycles. The Morgan fingerprint density at radius 2 is 2.16 bits per heavy atom. The summed E-state index contributed by atoms with van der Waals surface area (Å²) in [5.41, 5.74) is 2.36. The van der Waals surface area contributed by atoms with E-state index in [2.05, 4.69) is 4.98 Å². The summed E-state index contributed by atoms with van der Waals surface area (Å²) in [5, 5.41) is 0.973. The van der Waals surface area contributed by atoms with Crippen LogP contribution in [0.5, 0.6) is 5.75 Å². The molecule has 2 amide bonds. The van der Waals surface area contributed by atoms with E-state index in [1.54, 1.807) is 12.0 Å². The van der Waals surface area contributed by atoms with Crippen LogP contribution in [-0.2, 0) is 4.79 Å². The minimum atomic E-state index is -0.415. The van der Waals surface area contributed by atoms with Crippen molar-refractivity contribution in [3.05, 3.63) is 29.5 Å². The van der Waals surface area contributed by atoms with Crippen molar-refractivity contribution >= 4 is 22.7 Å². The van der Waals surface area contributed by atoms with Crippen LogP contribution < -0.4 is 4.74 Å². The SMILES string of the molecule is COc1ccc2[nH]c(C(=O)N3C[C@H]4CCCN4C(=O)[C@@H]3C)c(C)c2c1. The third-order valence-corrected chi connectivity index (χ3v) is 5.63. The van der Waals surface area contributed by atoms with Gasteiger partial charge in [0.25, 0.3) is 5.91 Å². The van der Waals surface area contributed by atoms with E-state index < -0.39 is 6.04 Å². The zero-order valence-corrected chi connectivity index (χ0v) is 14.8. The molecular weight excluding hydrogens is 318 g/mol. The number of aromatic amines is 1. The van der Waals surface area contributed by atoms with Crippen molar-refractivity contribution < 1.29 is 14.3 Å². The molecule has 1 aromatic carbocycles. The molecule has 0 spiro atoms. The summed E-state index contributed by atoms with van der Waals surface area (Å²) in [6.07, 6.45) is 2.00. The number of benzene rings is 1. The number of carbonyl (C=O) groups excluding carboxylic acids is 2. The smallest absolute Gasteiger partial charge is 0.271 e. The van der Waals surface area contributed by atoms with Crippen LogP contribution in [0.25, 0.3) is 10.9 Å². The molecule has 4 rings (SSSR count). The summed E-state index contributed by atoms with van der Waals surface area (Å²) < 4.78 is 5.28. The Balaban J connectivity index is 1.69.